The summed E-state index contributed by atoms with van der Waals surface area (Å²) in [5.74, 6) is 1.22. The van der Waals surface area contributed by atoms with Crippen LogP contribution in [0.5, 0.6) is 0 Å². The third-order valence-corrected chi connectivity index (χ3v) is 6.52. The molecular formula is C19H28FN3O2. The lowest BCUT2D eigenvalue weighted by Crippen LogP contribution is -2.48. The van der Waals surface area contributed by atoms with Crippen molar-refractivity contribution >= 4 is 5.91 Å². The SMILES string of the molecule is CC1(NCC(=O)N2C[C@@H](F)C[C@H]2C#N)C[C@H]2C[C@H](OC3CC3)C[C@H]2C1. The zero-order valence-corrected chi connectivity index (χ0v) is 14.9. The second-order valence-corrected chi connectivity index (χ2v) is 8.80. The summed E-state index contributed by atoms with van der Waals surface area (Å²) in [6.45, 7) is 2.45. The number of carbonyl (C=O) groups excluding carboxylic acids is 1. The van der Waals surface area contributed by atoms with Crippen LogP contribution in [0.15, 0.2) is 0 Å². The quantitative estimate of drug-likeness (QED) is 0.826. The van der Waals surface area contributed by atoms with Gasteiger partial charge in [0.2, 0.25) is 5.91 Å². The van der Waals surface area contributed by atoms with Gasteiger partial charge in [-0.15, -0.1) is 0 Å². The fourth-order valence-corrected chi connectivity index (χ4v) is 5.20. The van der Waals surface area contributed by atoms with E-state index in [1.807, 2.05) is 6.07 Å². The van der Waals surface area contributed by atoms with E-state index in [0.717, 1.165) is 25.7 Å². The molecule has 4 aliphatic rings. The predicted octanol–water partition coefficient (Wildman–Crippen LogP) is 2.16. The number of nitrogens with zero attached hydrogens (tertiary/aromatic N) is 2. The number of amides is 1. The number of nitrogens with one attached hydrogen (secondary N) is 1. The Morgan fingerprint density at radius 3 is 2.56 bits per heavy atom. The highest BCUT2D eigenvalue weighted by molar-refractivity contribution is 5.79. The largest absolute Gasteiger partial charge is 0.375 e. The topological polar surface area (TPSA) is 65.4 Å². The van der Waals surface area contributed by atoms with Crippen molar-refractivity contribution in [1.82, 2.24) is 10.2 Å². The van der Waals surface area contributed by atoms with Crippen LogP contribution in [0.4, 0.5) is 4.39 Å². The number of ether oxygens (including phenoxy) is 1. The van der Waals surface area contributed by atoms with Crippen LogP contribution in [-0.4, -0.2) is 53.9 Å². The predicted molar refractivity (Wildman–Crippen MR) is 90.4 cm³/mol. The van der Waals surface area contributed by atoms with Gasteiger partial charge in [0.1, 0.15) is 12.2 Å². The third kappa shape index (κ3) is 3.68. The molecule has 3 saturated carbocycles. The standard InChI is InChI=1S/C19H28FN3O2/c1-19(22-10-18(24)23-11-14(20)6-15(23)9-21)7-12-4-17(5-13(12)8-19)25-16-2-3-16/h12-17,22H,2-8,10-11H2,1H3/t12-,13+,14-,15-,17+,19?/m0/s1. The first kappa shape index (κ1) is 17.2. The maximum Gasteiger partial charge on any atom is 0.237 e. The molecule has 1 saturated heterocycles. The third-order valence-electron chi connectivity index (χ3n) is 6.52. The molecule has 0 aromatic carbocycles. The van der Waals surface area contributed by atoms with Gasteiger partial charge in [-0.1, -0.05) is 0 Å². The molecule has 138 valence electrons. The van der Waals surface area contributed by atoms with Gasteiger partial charge in [-0.05, 0) is 57.3 Å². The Kier molecular flexibility index (Phi) is 4.49. The lowest BCUT2D eigenvalue weighted by atomic mass is 9.95. The minimum atomic E-state index is -1.07. The van der Waals surface area contributed by atoms with Crippen LogP contribution in [0.2, 0.25) is 0 Å². The summed E-state index contributed by atoms with van der Waals surface area (Å²) in [7, 11) is 0. The molecule has 0 radical (unpaired) electrons. The van der Waals surface area contributed by atoms with Crippen LogP contribution in [0, 0.1) is 23.2 Å². The van der Waals surface area contributed by atoms with E-state index in [-0.39, 0.29) is 31.0 Å². The molecule has 0 aromatic rings. The minimum Gasteiger partial charge on any atom is -0.375 e. The second kappa shape index (κ2) is 6.51. The molecule has 5 nitrogen and oxygen atoms in total. The zero-order chi connectivity index (χ0) is 17.6. The molecule has 25 heavy (non-hydrogen) atoms. The van der Waals surface area contributed by atoms with E-state index < -0.39 is 12.2 Å². The Balaban J connectivity index is 1.26. The minimum absolute atomic E-state index is 0.0352. The maximum absolute atomic E-state index is 13.5. The first-order valence-electron chi connectivity index (χ1n) is 9.69. The summed E-state index contributed by atoms with van der Waals surface area (Å²) >= 11 is 0. The smallest absolute Gasteiger partial charge is 0.237 e. The van der Waals surface area contributed by atoms with Crippen molar-refractivity contribution < 1.29 is 13.9 Å². The van der Waals surface area contributed by atoms with Crippen molar-refractivity contribution in [2.45, 2.75) is 81.8 Å². The lowest BCUT2D eigenvalue weighted by Gasteiger charge is -2.29. The Bertz CT molecular complexity index is 560. The number of fused-ring (bicyclic) bond motifs is 1. The fraction of sp³-hybridized carbons (Fsp3) is 0.895. The van der Waals surface area contributed by atoms with Gasteiger partial charge in [0, 0.05) is 12.0 Å². The number of halogens is 1. The van der Waals surface area contributed by atoms with Crippen LogP contribution >= 0.6 is 0 Å². The highest BCUT2D eigenvalue weighted by Crippen LogP contribution is 2.50. The Morgan fingerprint density at radius 1 is 1.28 bits per heavy atom. The van der Waals surface area contributed by atoms with Crippen molar-refractivity contribution in [1.29, 1.82) is 5.26 Å². The van der Waals surface area contributed by atoms with E-state index in [1.165, 1.54) is 17.7 Å². The van der Waals surface area contributed by atoms with Crippen LogP contribution in [0.3, 0.4) is 0 Å². The molecule has 4 rings (SSSR count). The summed E-state index contributed by atoms with van der Waals surface area (Å²) < 4.78 is 19.6. The molecule has 1 heterocycles. The number of alkyl halides is 1. The lowest BCUT2D eigenvalue weighted by molar-refractivity contribution is -0.130. The normalized spacial score (nSPS) is 43.2. The first-order chi connectivity index (χ1) is 12.0. The van der Waals surface area contributed by atoms with Gasteiger partial charge in [-0.3, -0.25) is 4.79 Å². The molecule has 1 amide bonds. The van der Waals surface area contributed by atoms with Gasteiger partial charge < -0.3 is 15.0 Å². The maximum atomic E-state index is 13.5. The van der Waals surface area contributed by atoms with Crippen molar-refractivity contribution in [3.63, 3.8) is 0 Å². The van der Waals surface area contributed by atoms with E-state index in [2.05, 4.69) is 12.2 Å². The number of rotatable bonds is 5. The summed E-state index contributed by atoms with van der Waals surface area (Å²) in [6.07, 6.45) is 6.95. The molecule has 1 N–H and O–H groups in total. The molecule has 1 unspecified atom stereocenters. The van der Waals surface area contributed by atoms with Crippen molar-refractivity contribution in [3.8, 4) is 6.07 Å². The molecule has 6 heteroatoms. The summed E-state index contributed by atoms with van der Waals surface area (Å²) in [5.41, 5.74) is -0.0352. The van der Waals surface area contributed by atoms with E-state index in [1.54, 1.807) is 0 Å². The van der Waals surface area contributed by atoms with Crippen molar-refractivity contribution in [2.24, 2.45) is 11.8 Å². The first-order valence-corrected chi connectivity index (χ1v) is 9.69. The summed E-state index contributed by atoms with van der Waals surface area (Å²) in [4.78, 5) is 13.8. The van der Waals surface area contributed by atoms with Gasteiger partial charge >= 0.3 is 0 Å². The number of likely N-dealkylation sites (tertiary alicyclic amines) is 1. The van der Waals surface area contributed by atoms with E-state index in [0.29, 0.717) is 24.0 Å². The highest BCUT2D eigenvalue weighted by atomic mass is 19.1. The monoisotopic (exact) mass is 349 g/mol. The number of hydrogen-bond donors (Lipinski definition) is 1. The molecule has 6 atom stereocenters. The van der Waals surface area contributed by atoms with Gasteiger partial charge in [-0.25, -0.2) is 4.39 Å². The van der Waals surface area contributed by atoms with Gasteiger partial charge in [-0.2, -0.15) is 5.26 Å². The Hall–Kier alpha value is -1.19. The highest BCUT2D eigenvalue weighted by Gasteiger charge is 2.48. The number of hydrogen-bond acceptors (Lipinski definition) is 4. The summed E-state index contributed by atoms with van der Waals surface area (Å²) in [6, 6.07) is 1.43. The van der Waals surface area contributed by atoms with Crippen LogP contribution < -0.4 is 5.32 Å². The zero-order valence-electron chi connectivity index (χ0n) is 14.9. The molecule has 3 aliphatic carbocycles. The second-order valence-electron chi connectivity index (χ2n) is 8.80. The van der Waals surface area contributed by atoms with E-state index >= 15 is 0 Å². The van der Waals surface area contributed by atoms with Gasteiger partial charge in [0.15, 0.2) is 0 Å². The van der Waals surface area contributed by atoms with Gasteiger partial charge in [0.05, 0.1) is 31.4 Å². The average Bonchev–Trinajstić information content (AvgIpc) is 3.06. The van der Waals surface area contributed by atoms with Crippen LogP contribution in [0.25, 0.3) is 0 Å². The van der Waals surface area contributed by atoms with Crippen molar-refractivity contribution in [3.05, 3.63) is 0 Å². The average molecular weight is 349 g/mol. The van der Waals surface area contributed by atoms with E-state index in [4.69, 9.17) is 10.00 Å². The fourth-order valence-electron chi connectivity index (χ4n) is 5.20. The Labute approximate surface area is 148 Å². The molecule has 4 fully saturated rings. The van der Waals surface area contributed by atoms with Gasteiger partial charge in [0.25, 0.3) is 0 Å². The number of carbonyl (C=O) groups is 1. The molecular weight excluding hydrogens is 321 g/mol. The summed E-state index contributed by atoms with van der Waals surface area (Å²) in [5, 5.41) is 12.5. The van der Waals surface area contributed by atoms with Crippen molar-refractivity contribution in [2.75, 3.05) is 13.1 Å². The number of nitriles is 1. The van der Waals surface area contributed by atoms with E-state index in [9.17, 15) is 9.18 Å². The molecule has 1 aliphatic heterocycles. The Morgan fingerprint density at radius 2 is 1.96 bits per heavy atom. The van der Waals surface area contributed by atoms with Crippen LogP contribution in [0.1, 0.15) is 51.9 Å². The molecule has 0 bridgehead atoms. The van der Waals surface area contributed by atoms with Crippen LogP contribution in [-0.2, 0) is 9.53 Å². The molecule has 0 aromatic heterocycles. The molecule has 0 spiro atoms.